The van der Waals surface area contributed by atoms with E-state index in [2.05, 4.69) is 0 Å². The van der Waals surface area contributed by atoms with Crippen LogP contribution in [0.25, 0.3) is 0 Å². The van der Waals surface area contributed by atoms with Gasteiger partial charge in [-0.1, -0.05) is 23.2 Å². The van der Waals surface area contributed by atoms with Crippen LogP contribution in [-0.2, 0) is 6.61 Å². The van der Waals surface area contributed by atoms with Gasteiger partial charge in [0, 0.05) is 21.3 Å². The molecule has 0 fully saturated rings. The molecule has 20 heavy (non-hydrogen) atoms. The van der Waals surface area contributed by atoms with Crippen LogP contribution in [0, 0.1) is 0 Å². The van der Waals surface area contributed by atoms with E-state index in [9.17, 15) is 4.79 Å². The molecule has 0 aliphatic carbocycles. The number of hydrogen-bond donors (Lipinski definition) is 2. The highest BCUT2D eigenvalue weighted by atomic mass is 35.5. The minimum absolute atomic E-state index is 0.000286. The van der Waals surface area contributed by atoms with E-state index >= 15 is 0 Å². The third-order valence-corrected chi connectivity index (χ3v) is 3.26. The highest BCUT2D eigenvalue weighted by Gasteiger charge is 2.10. The monoisotopic (exact) mass is 311 g/mol. The summed E-state index contributed by atoms with van der Waals surface area (Å²) in [6.07, 6.45) is 0. The normalized spacial score (nSPS) is 10.3. The molecule has 0 atom stereocenters. The SMILES string of the molecule is Nc1ccc(OCc2cc(Cl)ccc2Cl)cc1C(=O)O. The number of benzene rings is 2. The minimum Gasteiger partial charge on any atom is -0.489 e. The Balaban J connectivity index is 2.17. The minimum atomic E-state index is -1.10. The maximum atomic E-state index is 11.0. The van der Waals surface area contributed by atoms with Crippen LogP contribution in [0.2, 0.25) is 10.0 Å². The fourth-order valence-corrected chi connectivity index (χ4v) is 1.99. The number of nitrogen functional groups attached to an aromatic ring is 1. The molecule has 0 aliphatic heterocycles. The van der Waals surface area contributed by atoms with Crippen LogP contribution in [0.3, 0.4) is 0 Å². The van der Waals surface area contributed by atoms with E-state index in [1.807, 2.05) is 0 Å². The Morgan fingerprint density at radius 1 is 1.20 bits per heavy atom. The summed E-state index contributed by atoms with van der Waals surface area (Å²) in [6, 6.07) is 9.50. The number of carboxylic acids is 1. The van der Waals surface area contributed by atoms with Gasteiger partial charge in [-0.2, -0.15) is 0 Å². The van der Waals surface area contributed by atoms with Crippen molar-refractivity contribution < 1.29 is 14.6 Å². The Hall–Kier alpha value is -1.91. The van der Waals surface area contributed by atoms with Crippen LogP contribution in [0.15, 0.2) is 36.4 Å². The number of hydrogen-bond acceptors (Lipinski definition) is 3. The van der Waals surface area contributed by atoms with Crippen molar-refractivity contribution in [2.24, 2.45) is 0 Å². The number of nitrogens with two attached hydrogens (primary N) is 1. The molecule has 0 aliphatic rings. The quantitative estimate of drug-likeness (QED) is 0.841. The summed E-state index contributed by atoms with van der Waals surface area (Å²) < 4.78 is 5.51. The Morgan fingerprint density at radius 3 is 2.65 bits per heavy atom. The summed E-state index contributed by atoms with van der Waals surface area (Å²) in [4.78, 5) is 11.0. The molecule has 0 unspecified atom stereocenters. The second kappa shape index (κ2) is 6.03. The second-order valence-corrected chi connectivity index (χ2v) is 4.92. The van der Waals surface area contributed by atoms with Gasteiger partial charge in [0.25, 0.3) is 0 Å². The van der Waals surface area contributed by atoms with Crippen LogP contribution in [0.1, 0.15) is 15.9 Å². The number of carboxylic acid groups (broad SMARTS) is 1. The van der Waals surface area contributed by atoms with Crippen LogP contribution in [0.5, 0.6) is 5.75 Å². The predicted octanol–water partition coefficient (Wildman–Crippen LogP) is 3.85. The molecule has 6 heteroatoms. The molecule has 2 aromatic carbocycles. The van der Waals surface area contributed by atoms with Gasteiger partial charge in [-0.25, -0.2) is 4.79 Å². The van der Waals surface area contributed by atoms with Gasteiger partial charge < -0.3 is 15.6 Å². The molecule has 0 bridgehead atoms. The first-order valence-corrected chi connectivity index (χ1v) is 6.42. The Morgan fingerprint density at radius 2 is 1.95 bits per heavy atom. The Labute approximate surface area is 125 Å². The molecule has 0 aromatic heterocycles. The lowest BCUT2D eigenvalue weighted by molar-refractivity contribution is 0.0697. The maximum Gasteiger partial charge on any atom is 0.337 e. The molecule has 4 nitrogen and oxygen atoms in total. The molecule has 0 amide bonds. The summed E-state index contributed by atoms with van der Waals surface area (Å²) in [5, 5.41) is 10.1. The van der Waals surface area contributed by atoms with Crippen molar-refractivity contribution in [2.75, 3.05) is 5.73 Å². The average Bonchev–Trinajstić information content (AvgIpc) is 2.41. The third-order valence-electron chi connectivity index (χ3n) is 2.66. The zero-order chi connectivity index (χ0) is 14.7. The van der Waals surface area contributed by atoms with E-state index in [0.29, 0.717) is 21.4 Å². The van der Waals surface area contributed by atoms with Gasteiger partial charge in [-0.15, -0.1) is 0 Å². The summed E-state index contributed by atoms with van der Waals surface area (Å²) in [5.41, 5.74) is 6.47. The topological polar surface area (TPSA) is 72.5 Å². The summed E-state index contributed by atoms with van der Waals surface area (Å²) in [7, 11) is 0. The molecule has 0 heterocycles. The second-order valence-electron chi connectivity index (χ2n) is 4.08. The molecular formula is C14H11Cl2NO3. The first-order chi connectivity index (χ1) is 9.47. The van der Waals surface area contributed by atoms with Gasteiger partial charge in [-0.3, -0.25) is 0 Å². The molecule has 104 valence electrons. The smallest absolute Gasteiger partial charge is 0.337 e. The molecule has 3 N–H and O–H groups in total. The van der Waals surface area contributed by atoms with E-state index in [0.717, 1.165) is 0 Å². The zero-order valence-corrected chi connectivity index (χ0v) is 11.8. The van der Waals surface area contributed by atoms with E-state index in [-0.39, 0.29) is 17.9 Å². The standard InChI is InChI=1S/C14H11Cl2NO3/c15-9-1-3-12(16)8(5-9)7-20-10-2-4-13(17)11(6-10)14(18)19/h1-6H,7,17H2,(H,18,19). The maximum absolute atomic E-state index is 11.0. The lowest BCUT2D eigenvalue weighted by Gasteiger charge is -2.10. The van der Waals surface area contributed by atoms with E-state index < -0.39 is 5.97 Å². The largest absolute Gasteiger partial charge is 0.489 e. The highest BCUT2D eigenvalue weighted by Crippen LogP contribution is 2.24. The zero-order valence-electron chi connectivity index (χ0n) is 10.3. The van der Waals surface area contributed by atoms with Crippen molar-refractivity contribution in [3.05, 3.63) is 57.6 Å². The molecular weight excluding hydrogens is 301 g/mol. The Bertz CT molecular complexity index is 659. The lowest BCUT2D eigenvalue weighted by atomic mass is 10.1. The van der Waals surface area contributed by atoms with Crippen molar-refractivity contribution in [1.82, 2.24) is 0 Å². The van der Waals surface area contributed by atoms with Crippen molar-refractivity contribution in [3.8, 4) is 5.75 Å². The fraction of sp³-hybridized carbons (Fsp3) is 0.0714. The highest BCUT2D eigenvalue weighted by molar-refractivity contribution is 6.33. The first kappa shape index (κ1) is 14.5. The number of ether oxygens (including phenoxy) is 1. The summed E-state index contributed by atoms with van der Waals surface area (Å²) in [6.45, 7) is 0.183. The molecule has 0 radical (unpaired) electrons. The van der Waals surface area contributed by atoms with Crippen molar-refractivity contribution in [2.45, 2.75) is 6.61 Å². The van der Waals surface area contributed by atoms with Gasteiger partial charge in [0.15, 0.2) is 0 Å². The van der Waals surface area contributed by atoms with Gasteiger partial charge >= 0.3 is 5.97 Å². The average molecular weight is 312 g/mol. The molecule has 0 saturated carbocycles. The number of anilines is 1. The summed E-state index contributed by atoms with van der Waals surface area (Å²) in [5.74, 6) is -0.707. The van der Waals surface area contributed by atoms with Crippen molar-refractivity contribution >= 4 is 34.9 Å². The lowest BCUT2D eigenvalue weighted by Crippen LogP contribution is -2.03. The van der Waals surface area contributed by atoms with Crippen LogP contribution < -0.4 is 10.5 Å². The third kappa shape index (κ3) is 3.35. The first-order valence-electron chi connectivity index (χ1n) is 5.67. The van der Waals surface area contributed by atoms with Crippen LogP contribution >= 0.6 is 23.2 Å². The van der Waals surface area contributed by atoms with Crippen LogP contribution in [0.4, 0.5) is 5.69 Å². The van der Waals surface area contributed by atoms with Gasteiger partial charge in [0.05, 0.1) is 5.56 Å². The molecule has 2 aromatic rings. The van der Waals surface area contributed by atoms with Gasteiger partial charge in [0.2, 0.25) is 0 Å². The number of aromatic carboxylic acids is 1. The van der Waals surface area contributed by atoms with Crippen molar-refractivity contribution in [3.63, 3.8) is 0 Å². The summed E-state index contributed by atoms with van der Waals surface area (Å²) >= 11 is 11.9. The van der Waals surface area contributed by atoms with E-state index in [1.165, 1.54) is 12.1 Å². The molecule has 0 saturated heterocycles. The number of halogens is 2. The van der Waals surface area contributed by atoms with Gasteiger partial charge in [0.1, 0.15) is 12.4 Å². The number of carbonyl (C=O) groups is 1. The number of rotatable bonds is 4. The van der Waals surface area contributed by atoms with Crippen LogP contribution in [-0.4, -0.2) is 11.1 Å². The van der Waals surface area contributed by atoms with Crippen molar-refractivity contribution in [1.29, 1.82) is 0 Å². The molecule has 0 spiro atoms. The molecule has 2 rings (SSSR count). The predicted molar refractivity (Wildman–Crippen MR) is 78.6 cm³/mol. The van der Waals surface area contributed by atoms with E-state index in [1.54, 1.807) is 24.3 Å². The van der Waals surface area contributed by atoms with Gasteiger partial charge in [-0.05, 0) is 36.4 Å². The fourth-order valence-electron chi connectivity index (χ4n) is 1.63. The van der Waals surface area contributed by atoms with E-state index in [4.69, 9.17) is 38.8 Å². The Kier molecular flexibility index (Phi) is 4.37.